The molecule has 0 aliphatic heterocycles. The van der Waals surface area contributed by atoms with E-state index in [9.17, 15) is 4.79 Å². The monoisotopic (exact) mass is 590 g/mol. The molecule has 11 heteroatoms. The van der Waals surface area contributed by atoms with Gasteiger partial charge in [-0.25, -0.2) is 0 Å². The van der Waals surface area contributed by atoms with Gasteiger partial charge in [0.1, 0.15) is 10.0 Å². The third kappa shape index (κ3) is 8.23. The van der Waals surface area contributed by atoms with Crippen LogP contribution in [0.1, 0.15) is 72.5 Å². The maximum absolute atomic E-state index is 12.7. The number of hydrogen-bond donors (Lipinski definition) is 4. The van der Waals surface area contributed by atoms with Crippen LogP contribution in [-0.2, 0) is 17.6 Å². The molecular formula is C30H38N8OS2. The number of nitrogens with one attached hydrogen (secondary N) is 4. The second-order valence-corrected chi connectivity index (χ2v) is 12.3. The van der Waals surface area contributed by atoms with Gasteiger partial charge in [0.15, 0.2) is 0 Å². The van der Waals surface area contributed by atoms with Crippen LogP contribution in [0.4, 0.5) is 21.6 Å². The average molecular weight is 591 g/mol. The third-order valence-corrected chi connectivity index (χ3v) is 9.22. The van der Waals surface area contributed by atoms with E-state index in [2.05, 4.69) is 79.8 Å². The van der Waals surface area contributed by atoms with E-state index in [0.29, 0.717) is 23.4 Å². The number of amides is 1. The molecule has 5 rings (SSSR count). The highest BCUT2D eigenvalue weighted by molar-refractivity contribution is 7.15. The molecule has 1 amide bonds. The lowest BCUT2D eigenvalue weighted by Gasteiger charge is -2.25. The van der Waals surface area contributed by atoms with Crippen LogP contribution in [0, 0.1) is 0 Å². The van der Waals surface area contributed by atoms with Crippen molar-refractivity contribution < 1.29 is 4.79 Å². The van der Waals surface area contributed by atoms with E-state index >= 15 is 0 Å². The molecule has 1 aliphatic carbocycles. The fourth-order valence-corrected chi connectivity index (χ4v) is 7.08. The van der Waals surface area contributed by atoms with E-state index in [0.717, 1.165) is 83.8 Å². The van der Waals surface area contributed by atoms with Gasteiger partial charge in [0.2, 0.25) is 16.2 Å². The Balaban J connectivity index is 1.11. The molecule has 1 fully saturated rings. The largest absolute Gasteiger partial charge is 0.385 e. The molecule has 216 valence electrons. The average Bonchev–Trinajstić information content (AvgIpc) is 3.64. The summed E-state index contributed by atoms with van der Waals surface area (Å²) in [6.45, 7) is 6.74. The molecule has 0 spiro atoms. The quantitative estimate of drug-likeness (QED) is 0.139. The topological polar surface area (TPSA) is 117 Å². The maximum Gasteiger partial charge on any atom is 0.230 e. The van der Waals surface area contributed by atoms with Crippen LogP contribution in [-0.4, -0.2) is 45.9 Å². The summed E-state index contributed by atoms with van der Waals surface area (Å²) in [7, 11) is 0. The Kier molecular flexibility index (Phi) is 10.1. The lowest BCUT2D eigenvalue weighted by atomic mass is 9.82. The van der Waals surface area contributed by atoms with Crippen molar-refractivity contribution in [3.8, 4) is 0 Å². The molecule has 41 heavy (non-hydrogen) atoms. The Hall–Kier alpha value is -3.57. The summed E-state index contributed by atoms with van der Waals surface area (Å²) < 4.78 is 0. The van der Waals surface area contributed by atoms with Gasteiger partial charge in [-0.05, 0) is 74.9 Å². The second-order valence-electron chi connectivity index (χ2n) is 10.3. The minimum absolute atomic E-state index is 0.0814. The molecule has 2 aromatic heterocycles. The van der Waals surface area contributed by atoms with Gasteiger partial charge in [-0.2, -0.15) is 0 Å². The smallest absolute Gasteiger partial charge is 0.230 e. The number of benzene rings is 2. The number of carbonyl (C=O) groups is 1. The van der Waals surface area contributed by atoms with Crippen molar-refractivity contribution in [1.82, 2.24) is 20.4 Å². The van der Waals surface area contributed by atoms with E-state index in [1.165, 1.54) is 16.9 Å². The van der Waals surface area contributed by atoms with Gasteiger partial charge in [-0.3, -0.25) is 4.79 Å². The zero-order chi connectivity index (χ0) is 28.4. The van der Waals surface area contributed by atoms with E-state index in [1.807, 2.05) is 24.3 Å². The van der Waals surface area contributed by atoms with Crippen molar-refractivity contribution in [2.24, 2.45) is 0 Å². The summed E-state index contributed by atoms with van der Waals surface area (Å²) in [6.07, 6.45) is 5.51. The number of aromatic nitrogens is 4. The summed E-state index contributed by atoms with van der Waals surface area (Å²) in [5.41, 5.74) is 4.44. The standard InChI is InChI=1S/C30H38N8OS2/c1-3-31-24-12-5-8-20(16-24)14-15-33-29-37-35-27(40-29)22-10-7-11-23(19-22)28-36-38-30(41-28)34-26(39)18-21-9-6-13-25(17-21)32-4-2/h5-6,8-9,12-13,16-17,22-23,31-32H,3-4,7,10-11,14-15,18-19H2,1-2H3,(H,33,37)(H,34,38,39). The molecule has 0 radical (unpaired) electrons. The molecule has 0 bridgehead atoms. The van der Waals surface area contributed by atoms with Gasteiger partial charge in [0, 0.05) is 42.8 Å². The summed E-state index contributed by atoms with van der Waals surface area (Å²) in [5, 5.41) is 34.3. The lowest BCUT2D eigenvalue weighted by Crippen LogP contribution is -2.14. The molecule has 2 heterocycles. The number of anilines is 4. The van der Waals surface area contributed by atoms with Crippen LogP contribution in [0.3, 0.4) is 0 Å². The minimum Gasteiger partial charge on any atom is -0.385 e. The van der Waals surface area contributed by atoms with Crippen LogP contribution >= 0.6 is 22.7 Å². The lowest BCUT2D eigenvalue weighted by molar-refractivity contribution is -0.115. The first kappa shape index (κ1) is 28.9. The van der Waals surface area contributed by atoms with Crippen molar-refractivity contribution in [2.75, 3.05) is 40.9 Å². The fraction of sp³-hybridized carbons (Fsp3) is 0.433. The molecule has 4 aromatic rings. The van der Waals surface area contributed by atoms with Crippen LogP contribution in [0.25, 0.3) is 0 Å². The predicted molar refractivity (Wildman–Crippen MR) is 170 cm³/mol. The van der Waals surface area contributed by atoms with E-state index in [-0.39, 0.29) is 5.91 Å². The zero-order valence-corrected chi connectivity index (χ0v) is 25.3. The van der Waals surface area contributed by atoms with Crippen molar-refractivity contribution in [2.45, 2.75) is 64.2 Å². The predicted octanol–water partition coefficient (Wildman–Crippen LogP) is 6.53. The minimum atomic E-state index is -0.0814. The van der Waals surface area contributed by atoms with Crippen molar-refractivity contribution in [3.63, 3.8) is 0 Å². The normalized spacial score (nSPS) is 16.7. The first-order valence-electron chi connectivity index (χ1n) is 14.5. The van der Waals surface area contributed by atoms with Crippen molar-refractivity contribution in [3.05, 3.63) is 69.7 Å². The summed E-state index contributed by atoms with van der Waals surface area (Å²) in [4.78, 5) is 12.7. The molecule has 4 N–H and O–H groups in total. The second kappa shape index (κ2) is 14.4. The molecule has 1 saturated carbocycles. The van der Waals surface area contributed by atoms with Crippen LogP contribution in [0.5, 0.6) is 0 Å². The van der Waals surface area contributed by atoms with Gasteiger partial charge in [0.25, 0.3) is 0 Å². The fourth-order valence-electron chi connectivity index (χ4n) is 5.26. The highest BCUT2D eigenvalue weighted by Gasteiger charge is 2.29. The first-order chi connectivity index (χ1) is 20.1. The first-order valence-corrected chi connectivity index (χ1v) is 16.1. The Morgan fingerprint density at radius 2 is 1.41 bits per heavy atom. The van der Waals surface area contributed by atoms with Crippen LogP contribution < -0.4 is 21.3 Å². The molecule has 1 aliphatic rings. The molecule has 2 unspecified atom stereocenters. The van der Waals surface area contributed by atoms with Gasteiger partial charge in [-0.1, -0.05) is 53.4 Å². The molecule has 2 aromatic carbocycles. The third-order valence-electron chi connectivity index (χ3n) is 7.17. The number of nitrogens with zero attached hydrogens (tertiary/aromatic N) is 4. The Morgan fingerprint density at radius 1 is 0.805 bits per heavy atom. The molecular weight excluding hydrogens is 553 g/mol. The van der Waals surface area contributed by atoms with Gasteiger partial charge < -0.3 is 21.3 Å². The molecule has 0 saturated heterocycles. The number of hydrogen-bond acceptors (Lipinski definition) is 10. The summed E-state index contributed by atoms with van der Waals surface area (Å²) >= 11 is 3.15. The number of rotatable bonds is 13. The van der Waals surface area contributed by atoms with Gasteiger partial charge in [0.05, 0.1) is 6.42 Å². The van der Waals surface area contributed by atoms with E-state index < -0.39 is 0 Å². The zero-order valence-electron chi connectivity index (χ0n) is 23.7. The summed E-state index contributed by atoms with van der Waals surface area (Å²) in [5.74, 6) is 0.602. The van der Waals surface area contributed by atoms with Crippen LogP contribution in [0.15, 0.2) is 48.5 Å². The number of carbonyl (C=O) groups excluding carboxylic acids is 1. The van der Waals surface area contributed by atoms with E-state index in [1.54, 1.807) is 11.3 Å². The SMILES string of the molecule is CCNc1cccc(CCNc2nnc(C3CCCC(c4nnc(NC(=O)Cc5cccc(NCC)c5)s4)C3)s2)c1. The van der Waals surface area contributed by atoms with E-state index in [4.69, 9.17) is 0 Å². The summed E-state index contributed by atoms with van der Waals surface area (Å²) in [6, 6.07) is 16.5. The van der Waals surface area contributed by atoms with Crippen molar-refractivity contribution in [1.29, 1.82) is 0 Å². The van der Waals surface area contributed by atoms with Gasteiger partial charge in [-0.15, -0.1) is 20.4 Å². The molecule has 2 atom stereocenters. The molecule has 9 nitrogen and oxygen atoms in total. The van der Waals surface area contributed by atoms with Gasteiger partial charge >= 0.3 is 0 Å². The highest BCUT2D eigenvalue weighted by Crippen LogP contribution is 2.43. The Morgan fingerprint density at radius 3 is 2.10 bits per heavy atom. The van der Waals surface area contributed by atoms with Crippen LogP contribution in [0.2, 0.25) is 0 Å². The maximum atomic E-state index is 12.7. The Bertz CT molecular complexity index is 1420. The van der Waals surface area contributed by atoms with Crippen molar-refractivity contribution >= 4 is 50.2 Å². The Labute approximate surface area is 249 Å². The highest BCUT2D eigenvalue weighted by atomic mass is 32.1.